The molecule has 0 atom stereocenters. The van der Waals surface area contributed by atoms with Gasteiger partial charge in [-0.2, -0.15) is 18.3 Å². The average molecular weight is 480 g/mol. The highest BCUT2D eigenvalue weighted by atomic mass is 19.4. The van der Waals surface area contributed by atoms with E-state index in [-0.39, 0.29) is 24.8 Å². The standard InChI is InChI=1S/C21H20F4N6O3/c1-3-30(12-17(32)26-10-13-4-6-14(22)7-5-13)20(33)15-11-27-31(19(15)21(23,24)25)16-8-9-18(34-2)29-28-16/h4-9,11H,3,10,12H2,1-2H3,(H,26,32). The summed E-state index contributed by atoms with van der Waals surface area (Å²) >= 11 is 0. The Morgan fingerprint density at radius 1 is 1.12 bits per heavy atom. The second-order valence-corrected chi connectivity index (χ2v) is 6.97. The quantitative estimate of drug-likeness (QED) is 0.498. The molecule has 3 rings (SSSR count). The highest BCUT2D eigenvalue weighted by Gasteiger charge is 2.41. The minimum Gasteiger partial charge on any atom is -0.480 e. The van der Waals surface area contributed by atoms with Crippen LogP contribution in [0.2, 0.25) is 0 Å². The van der Waals surface area contributed by atoms with Gasteiger partial charge in [0, 0.05) is 19.2 Å². The maximum Gasteiger partial charge on any atom is 0.434 e. The Morgan fingerprint density at radius 2 is 1.82 bits per heavy atom. The number of carbonyl (C=O) groups is 2. The Balaban J connectivity index is 1.80. The van der Waals surface area contributed by atoms with Crippen molar-refractivity contribution in [3.05, 3.63) is 65.2 Å². The Morgan fingerprint density at radius 3 is 2.38 bits per heavy atom. The van der Waals surface area contributed by atoms with Crippen LogP contribution in [0.15, 0.2) is 42.6 Å². The Hall–Kier alpha value is -4.03. The summed E-state index contributed by atoms with van der Waals surface area (Å²) in [4.78, 5) is 26.2. The van der Waals surface area contributed by atoms with Gasteiger partial charge >= 0.3 is 6.18 Å². The summed E-state index contributed by atoms with van der Waals surface area (Å²) in [7, 11) is 1.32. The van der Waals surface area contributed by atoms with Gasteiger partial charge in [-0.1, -0.05) is 12.1 Å². The van der Waals surface area contributed by atoms with E-state index in [4.69, 9.17) is 4.74 Å². The first-order valence-electron chi connectivity index (χ1n) is 9.97. The zero-order chi connectivity index (χ0) is 24.9. The molecule has 34 heavy (non-hydrogen) atoms. The number of rotatable bonds is 8. The SMILES string of the molecule is CCN(CC(=O)NCc1ccc(F)cc1)C(=O)c1cnn(-c2ccc(OC)nn2)c1C(F)(F)F. The molecule has 0 saturated carbocycles. The molecule has 3 aromatic rings. The van der Waals surface area contributed by atoms with Gasteiger partial charge in [-0.3, -0.25) is 9.59 Å². The van der Waals surface area contributed by atoms with Gasteiger partial charge < -0.3 is 15.0 Å². The van der Waals surface area contributed by atoms with Crippen molar-refractivity contribution in [1.82, 2.24) is 30.2 Å². The van der Waals surface area contributed by atoms with Crippen LogP contribution in [-0.2, 0) is 17.5 Å². The van der Waals surface area contributed by atoms with Crippen molar-refractivity contribution in [2.45, 2.75) is 19.6 Å². The fraction of sp³-hybridized carbons (Fsp3) is 0.286. The number of aromatic nitrogens is 4. The molecule has 0 bridgehead atoms. The lowest BCUT2D eigenvalue weighted by atomic mass is 10.2. The lowest BCUT2D eigenvalue weighted by molar-refractivity contribution is -0.143. The van der Waals surface area contributed by atoms with Gasteiger partial charge in [0.15, 0.2) is 11.5 Å². The maximum atomic E-state index is 13.9. The zero-order valence-corrected chi connectivity index (χ0v) is 18.1. The van der Waals surface area contributed by atoms with Gasteiger partial charge in [0.25, 0.3) is 5.91 Å². The number of carbonyl (C=O) groups excluding carboxylic acids is 2. The van der Waals surface area contributed by atoms with Crippen molar-refractivity contribution >= 4 is 11.8 Å². The van der Waals surface area contributed by atoms with E-state index in [1.54, 1.807) is 0 Å². The third kappa shape index (κ3) is 5.66. The molecular weight excluding hydrogens is 460 g/mol. The van der Waals surface area contributed by atoms with E-state index < -0.39 is 41.6 Å². The van der Waals surface area contributed by atoms with Crippen LogP contribution in [0.4, 0.5) is 17.6 Å². The minimum atomic E-state index is -4.95. The first-order chi connectivity index (χ1) is 16.1. The van der Waals surface area contributed by atoms with Crippen molar-refractivity contribution in [1.29, 1.82) is 0 Å². The largest absolute Gasteiger partial charge is 0.480 e. The summed E-state index contributed by atoms with van der Waals surface area (Å²) < 4.78 is 60.0. The van der Waals surface area contributed by atoms with Crippen molar-refractivity contribution in [2.24, 2.45) is 0 Å². The normalized spacial score (nSPS) is 11.2. The van der Waals surface area contributed by atoms with Crippen molar-refractivity contribution in [2.75, 3.05) is 20.2 Å². The van der Waals surface area contributed by atoms with Gasteiger partial charge in [0.2, 0.25) is 11.8 Å². The van der Waals surface area contributed by atoms with Crippen molar-refractivity contribution in [3.8, 4) is 11.7 Å². The third-order valence-corrected chi connectivity index (χ3v) is 4.73. The topological polar surface area (TPSA) is 102 Å². The molecule has 0 aliphatic heterocycles. The maximum absolute atomic E-state index is 13.9. The number of likely N-dealkylation sites (N-methyl/N-ethyl adjacent to an activating group) is 1. The Labute approximate surface area is 191 Å². The van der Waals surface area contributed by atoms with E-state index in [1.165, 1.54) is 50.4 Å². The van der Waals surface area contributed by atoms with Gasteiger partial charge in [0.05, 0.1) is 25.4 Å². The predicted molar refractivity (Wildman–Crippen MR) is 111 cm³/mol. The summed E-state index contributed by atoms with van der Waals surface area (Å²) in [6, 6.07) is 7.92. The van der Waals surface area contributed by atoms with E-state index in [0.29, 0.717) is 10.2 Å². The fourth-order valence-electron chi connectivity index (χ4n) is 3.02. The van der Waals surface area contributed by atoms with Crippen LogP contribution in [-0.4, -0.2) is 56.9 Å². The molecule has 180 valence electrons. The number of ether oxygens (including phenoxy) is 1. The highest BCUT2D eigenvalue weighted by Crippen LogP contribution is 2.34. The molecule has 13 heteroatoms. The van der Waals surface area contributed by atoms with Crippen LogP contribution in [0.5, 0.6) is 5.88 Å². The second kappa shape index (κ2) is 10.3. The molecule has 0 aliphatic rings. The molecule has 2 heterocycles. The predicted octanol–water partition coefficient (Wildman–Crippen LogP) is 2.61. The molecule has 1 N–H and O–H groups in total. The smallest absolute Gasteiger partial charge is 0.434 e. The first kappa shape index (κ1) is 24.6. The molecule has 0 fully saturated rings. The Bertz CT molecular complexity index is 1150. The number of amides is 2. The van der Waals surface area contributed by atoms with Crippen LogP contribution >= 0.6 is 0 Å². The van der Waals surface area contributed by atoms with Crippen LogP contribution < -0.4 is 10.1 Å². The van der Waals surface area contributed by atoms with Crippen molar-refractivity contribution < 1.29 is 31.9 Å². The third-order valence-electron chi connectivity index (χ3n) is 4.73. The van der Waals surface area contributed by atoms with E-state index in [2.05, 4.69) is 20.6 Å². The minimum absolute atomic E-state index is 0.0341. The fourth-order valence-corrected chi connectivity index (χ4v) is 3.02. The average Bonchev–Trinajstić information content (AvgIpc) is 3.28. The van der Waals surface area contributed by atoms with Gasteiger partial charge in [-0.15, -0.1) is 10.2 Å². The van der Waals surface area contributed by atoms with Crippen LogP contribution in [0, 0.1) is 5.82 Å². The van der Waals surface area contributed by atoms with Crippen molar-refractivity contribution in [3.63, 3.8) is 0 Å². The van der Waals surface area contributed by atoms with E-state index in [9.17, 15) is 27.2 Å². The molecule has 0 radical (unpaired) electrons. The van der Waals surface area contributed by atoms with Gasteiger partial charge in [0.1, 0.15) is 5.82 Å². The number of alkyl halides is 3. The number of halogens is 4. The summed E-state index contributed by atoms with van der Waals surface area (Å²) in [6.45, 7) is 1.07. The second-order valence-electron chi connectivity index (χ2n) is 6.97. The lowest BCUT2D eigenvalue weighted by Crippen LogP contribution is -2.41. The molecule has 9 nitrogen and oxygen atoms in total. The lowest BCUT2D eigenvalue weighted by Gasteiger charge is -2.21. The molecule has 2 aromatic heterocycles. The molecule has 0 spiro atoms. The Kier molecular flexibility index (Phi) is 7.44. The van der Waals surface area contributed by atoms with E-state index in [0.717, 1.165) is 11.1 Å². The molecule has 0 saturated heterocycles. The first-order valence-corrected chi connectivity index (χ1v) is 9.97. The number of benzene rings is 1. The summed E-state index contributed by atoms with van der Waals surface area (Å²) in [5.41, 5.74) is -1.47. The summed E-state index contributed by atoms with van der Waals surface area (Å²) in [6.07, 6.45) is -4.18. The molecular formula is C21H20F4N6O3. The monoisotopic (exact) mass is 480 g/mol. The molecule has 0 unspecified atom stereocenters. The summed E-state index contributed by atoms with van der Waals surface area (Å²) in [5, 5.41) is 13.5. The number of hydrogen-bond donors (Lipinski definition) is 1. The molecule has 0 aliphatic carbocycles. The molecule has 2 amide bonds. The van der Waals surface area contributed by atoms with E-state index in [1.807, 2.05) is 0 Å². The highest BCUT2D eigenvalue weighted by molar-refractivity contribution is 5.97. The van der Waals surface area contributed by atoms with Crippen LogP contribution in [0.3, 0.4) is 0 Å². The van der Waals surface area contributed by atoms with E-state index >= 15 is 0 Å². The number of hydrogen-bond acceptors (Lipinski definition) is 6. The molecule has 1 aromatic carbocycles. The summed E-state index contributed by atoms with van der Waals surface area (Å²) in [5.74, 6) is -2.24. The zero-order valence-electron chi connectivity index (χ0n) is 18.1. The van der Waals surface area contributed by atoms with Gasteiger partial charge in [-0.25, -0.2) is 9.07 Å². The van der Waals surface area contributed by atoms with Crippen LogP contribution in [0.25, 0.3) is 5.82 Å². The van der Waals surface area contributed by atoms with Gasteiger partial charge in [-0.05, 0) is 30.7 Å². The number of nitrogens with one attached hydrogen (secondary N) is 1. The number of nitrogens with zero attached hydrogens (tertiary/aromatic N) is 5. The van der Waals surface area contributed by atoms with Crippen LogP contribution in [0.1, 0.15) is 28.5 Å². The number of methoxy groups -OCH3 is 1.